The largest absolute Gasteiger partial charge is 0.545 e. The van der Waals surface area contributed by atoms with Gasteiger partial charge in [-0.25, -0.2) is 4.79 Å². The molecule has 1 atom stereocenters. The van der Waals surface area contributed by atoms with Crippen molar-refractivity contribution >= 4 is 29.1 Å². The number of nitrogens with one attached hydrogen (secondary N) is 1. The molecule has 0 fully saturated rings. The molecule has 0 bridgehead atoms. The van der Waals surface area contributed by atoms with Crippen LogP contribution in [0.3, 0.4) is 0 Å². The zero-order chi connectivity index (χ0) is 21.7. The Morgan fingerprint density at radius 1 is 1.13 bits per heavy atom. The third-order valence-electron chi connectivity index (χ3n) is 4.74. The number of hydrogen-bond donors (Lipinski definition) is 1. The number of methoxy groups -OCH3 is 3. The second-order valence-corrected chi connectivity index (χ2v) is 6.43. The van der Waals surface area contributed by atoms with Gasteiger partial charge in [0.1, 0.15) is 0 Å². The smallest absolute Gasteiger partial charge is 0.330 e. The number of carbonyl (C=O) groups is 2. The van der Waals surface area contributed by atoms with Crippen LogP contribution in [0.25, 0.3) is 10.9 Å². The Kier molecular flexibility index (Phi) is 6.36. The molecule has 156 valence electrons. The highest BCUT2D eigenvalue weighted by molar-refractivity contribution is 6.01. The number of carboxylic acids is 1. The molecule has 1 N–H and O–H groups in total. The van der Waals surface area contributed by atoms with Gasteiger partial charge in [-0.2, -0.15) is 0 Å². The van der Waals surface area contributed by atoms with Crippen molar-refractivity contribution in [3.8, 4) is 11.5 Å². The van der Waals surface area contributed by atoms with Crippen LogP contribution in [0.15, 0.2) is 47.6 Å². The number of nitrogens with zero attached hydrogens (tertiary/aromatic N) is 1. The first kappa shape index (κ1) is 20.9. The molecular weight excluding hydrogens is 388 g/mol. The van der Waals surface area contributed by atoms with Crippen LogP contribution in [0.1, 0.15) is 21.5 Å². The summed E-state index contributed by atoms with van der Waals surface area (Å²) in [6.45, 7) is 0. The first-order valence-corrected chi connectivity index (χ1v) is 9.12. The number of aromatic nitrogens is 1. The van der Waals surface area contributed by atoms with Crippen LogP contribution in [0, 0.1) is 0 Å². The maximum atomic E-state index is 12.3. The minimum Gasteiger partial charge on any atom is -0.545 e. The lowest BCUT2D eigenvalue weighted by Crippen LogP contribution is -2.26. The van der Waals surface area contributed by atoms with Gasteiger partial charge in [0.25, 0.3) is 0 Å². The fourth-order valence-electron chi connectivity index (χ4n) is 3.27. The summed E-state index contributed by atoms with van der Waals surface area (Å²) in [5, 5.41) is 12.7. The number of ether oxygens (including phenoxy) is 3. The summed E-state index contributed by atoms with van der Waals surface area (Å²) >= 11 is 0. The van der Waals surface area contributed by atoms with Crippen molar-refractivity contribution in [2.75, 3.05) is 21.3 Å². The van der Waals surface area contributed by atoms with Crippen molar-refractivity contribution in [3.05, 3.63) is 59.3 Å². The van der Waals surface area contributed by atoms with E-state index in [0.717, 1.165) is 16.5 Å². The van der Waals surface area contributed by atoms with E-state index in [2.05, 4.69) is 9.98 Å². The molecule has 1 heterocycles. The third kappa shape index (κ3) is 4.12. The molecule has 3 aromatic rings. The van der Waals surface area contributed by atoms with Gasteiger partial charge in [0.05, 0.1) is 32.9 Å². The van der Waals surface area contributed by atoms with E-state index in [4.69, 9.17) is 14.2 Å². The fraction of sp³-hybridized carbons (Fsp3) is 0.227. The molecule has 8 heteroatoms. The number of H-pyrrole nitrogens is 1. The van der Waals surface area contributed by atoms with E-state index < -0.39 is 18.0 Å². The molecule has 0 unspecified atom stereocenters. The summed E-state index contributed by atoms with van der Waals surface area (Å²) in [6.07, 6.45) is 3.41. The molecule has 0 saturated carbocycles. The van der Waals surface area contributed by atoms with Crippen LogP contribution in [-0.2, 0) is 16.0 Å². The number of carboxylic acid groups (broad SMARTS) is 1. The molecule has 0 aliphatic rings. The van der Waals surface area contributed by atoms with E-state index in [9.17, 15) is 14.7 Å². The number of benzene rings is 2. The van der Waals surface area contributed by atoms with Crippen molar-refractivity contribution in [3.63, 3.8) is 0 Å². The van der Waals surface area contributed by atoms with Crippen LogP contribution < -0.4 is 14.6 Å². The number of hydrogen-bond acceptors (Lipinski definition) is 7. The summed E-state index contributed by atoms with van der Waals surface area (Å²) in [4.78, 5) is 31.5. The van der Waals surface area contributed by atoms with E-state index in [1.54, 1.807) is 6.07 Å². The number of aromatic carboxylic acids is 1. The normalized spacial score (nSPS) is 12.1. The maximum Gasteiger partial charge on any atom is 0.330 e. The molecule has 30 heavy (non-hydrogen) atoms. The molecule has 3 rings (SSSR count). The lowest BCUT2D eigenvalue weighted by molar-refractivity contribution is -0.255. The average molecular weight is 409 g/mol. The zero-order valence-electron chi connectivity index (χ0n) is 16.8. The van der Waals surface area contributed by atoms with Gasteiger partial charge in [0.2, 0.25) is 0 Å². The number of para-hydroxylation sites is 1. The quantitative estimate of drug-likeness (QED) is 0.448. The Balaban J connectivity index is 1.98. The first-order chi connectivity index (χ1) is 14.5. The Morgan fingerprint density at radius 2 is 1.90 bits per heavy atom. The summed E-state index contributed by atoms with van der Waals surface area (Å²) in [5.41, 5.74) is 1.85. The fourth-order valence-corrected chi connectivity index (χ4v) is 3.27. The van der Waals surface area contributed by atoms with Crippen LogP contribution in [0.4, 0.5) is 0 Å². The van der Waals surface area contributed by atoms with Gasteiger partial charge < -0.3 is 29.1 Å². The van der Waals surface area contributed by atoms with Gasteiger partial charge >= 0.3 is 5.97 Å². The number of carbonyl (C=O) groups excluding carboxylic acids is 2. The Hall–Kier alpha value is -3.81. The van der Waals surface area contributed by atoms with Crippen molar-refractivity contribution < 1.29 is 28.9 Å². The van der Waals surface area contributed by atoms with E-state index >= 15 is 0 Å². The van der Waals surface area contributed by atoms with Crippen LogP contribution in [0.2, 0.25) is 0 Å². The molecule has 8 nitrogen and oxygen atoms in total. The number of rotatable bonds is 8. The summed E-state index contributed by atoms with van der Waals surface area (Å²) in [7, 11) is 4.02. The predicted octanol–water partition coefficient (Wildman–Crippen LogP) is 1.75. The van der Waals surface area contributed by atoms with E-state index in [-0.39, 0.29) is 29.0 Å². The number of esters is 1. The lowest BCUT2D eigenvalue weighted by Gasteiger charge is -2.16. The predicted molar refractivity (Wildman–Crippen MR) is 109 cm³/mol. The van der Waals surface area contributed by atoms with E-state index in [1.165, 1.54) is 33.6 Å². The second-order valence-electron chi connectivity index (χ2n) is 6.43. The lowest BCUT2D eigenvalue weighted by atomic mass is 10.0. The molecule has 0 amide bonds. The Bertz CT molecular complexity index is 1100. The molecule has 0 saturated heterocycles. The van der Waals surface area contributed by atoms with Crippen molar-refractivity contribution in [1.29, 1.82) is 0 Å². The van der Waals surface area contributed by atoms with Gasteiger partial charge in [-0.05, 0) is 23.8 Å². The van der Waals surface area contributed by atoms with Gasteiger partial charge in [0.15, 0.2) is 17.5 Å². The number of aromatic amines is 1. The monoisotopic (exact) mass is 409 g/mol. The van der Waals surface area contributed by atoms with Crippen molar-refractivity contribution in [2.24, 2.45) is 4.99 Å². The van der Waals surface area contributed by atoms with Crippen molar-refractivity contribution in [1.82, 2.24) is 4.98 Å². The maximum absolute atomic E-state index is 12.3. The van der Waals surface area contributed by atoms with Crippen molar-refractivity contribution in [2.45, 2.75) is 12.5 Å². The third-order valence-corrected chi connectivity index (χ3v) is 4.74. The van der Waals surface area contributed by atoms with E-state index in [0.29, 0.717) is 0 Å². The summed E-state index contributed by atoms with van der Waals surface area (Å²) < 4.78 is 15.2. The molecule has 2 aromatic carbocycles. The molecular formula is C22H21N2O6-. The molecule has 0 radical (unpaired) electrons. The Morgan fingerprint density at radius 3 is 2.57 bits per heavy atom. The highest BCUT2D eigenvalue weighted by atomic mass is 16.5. The van der Waals surface area contributed by atoms with E-state index in [1.807, 2.05) is 30.5 Å². The van der Waals surface area contributed by atoms with Gasteiger partial charge in [-0.3, -0.25) is 4.99 Å². The summed E-state index contributed by atoms with van der Waals surface area (Å²) in [6, 6.07) is 9.91. The highest BCUT2D eigenvalue weighted by Crippen LogP contribution is 2.32. The highest BCUT2D eigenvalue weighted by Gasteiger charge is 2.21. The SMILES string of the molecule is COC(=O)[C@H](Cc1c[nH]c2ccccc12)N=Cc1ccc(OC)c(OC)c1C(=O)[O-]. The first-order valence-electron chi connectivity index (χ1n) is 9.12. The van der Waals surface area contributed by atoms with Gasteiger partial charge in [0, 0.05) is 35.3 Å². The average Bonchev–Trinajstić information content (AvgIpc) is 3.17. The zero-order valence-corrected chi connectivity index (χ0v) is 16.8. The summed E-state index contributed by atoms with van der Waals surface area (Å²) in [5.74, 6) is -1.71. The second kappa shape index (κ2) is 9.13. The minimum absolute atomic E-state index is 0.0210. The number of fused-ring (bicyclic) bond motifs is 1. The molecule has 1 aromatic heterocycles. The molecule has 0 aliphatic carbocycles. The standard InChI is InChI=1S/C22H22N2O6/c1-28-18-9-8-13(19(21(25)26)20(18)29-2)11-24-17(22(27)30-3)10-14-12-23-16-7-5-4-6-15(14)16/h4-9,11-12,17,23H,10H2,1-3H3,(H,25,26)/p-1/t17-/m0/s1. The van der Waals surface area contributed by atoms with Crippen LogP contribution in [-0.4, -0.2) is 50.5 Å². The molecule has 0 spiro atoms. The van der Waals surface area contributed by atoms with Gasteiger partial charge in [-0.1, -0.05) is 18.2 Å². The Labute approximate surface area is 173 Å². The van der Waals surface area contributed by atoms with Crippen LogP contribution in [0.5, 0.6) is 11.5 Å². The number of aliphatic imine (C=N–C) groups is 1. The minimum atomic E-state index is -1.45. The van der Waals surface area contributed by atoms with Crippen LogP contribution >= 0.6 is 0 Å². The molecule has 0 aliphatic heterocycles. The topological polar surface area (TPSA) is 113 Å². The van der Waals surface area contributed by atoms with Gasteiger partial charge in [-0.15, -0.1) is 0 Å².